The summed E-state index contributed by atoms with van der Waals surface area (Å²) in [6, 6.07) is 9.17. The Hall–Kier alpha value is -3.26. The van der Waals surface area contributed by atoms with E-state index in [9.17, 15) is 4.79 Å². The maximum atomic E-state index is 12.2. The average molecular weight is 394 g/mol. The maximum Gasteiger partial charge on any atom is 0.228 e. The van der Waals surface area contributed by atoms with Gasteiger partial charge in [0.15, 0.2) is 11.5 Å². The number of carbonyl (C=O) groups excluding carboxylic acids is 1. The van der Waals surface area contributed by atoms with Crippen LogP contribution in [-0.4, -0.2) is 35.4 Å². The predicted molar refractivity (Wildman–Crippen MR) is 105 cm³/mol. The number of benzene rings is 1. The number of nitrogens with zero attached hydrogens (tertiary/aromatic N) is 6. The summed E-state index contributed by atoms with van der Waals surface area (Å²) in [5.74, 6) is 1.27. The quantitative estimate of drug-likeness (QED) is 0.574. The van der Waals surface area contributed by atoms with Crippen molar-refractivity contribution in [1.29, 1.82) is 0 Å². The molecule has 28 heavy (non-hydrogen) atoms. The Bertz CT molecular complexity index is 1190. The second-order valence-electron chi connectivity index (χ2n) is 6.81. The Kier molecular flexibility index (Phi) is 3.87. The van der Waals surface area contributed by atoms with Gasteiger partial charge >= 0.3 is 0 Å². The molecule has 1 fully saturated rings. The molecule has 0 saturated heterocycles. The molecule has 3 aromatic heterocycles. The number of nitrogens with one attached hydrogen (secondary N) is 1. The van der Waals surface area contributed by atoms with Gasteiger partial charge in [0.1, 0.15) is 12.1 Å². The molecule has 3 heterocycles. The van der Waals surface area contributed by atoms with Gasteiger partial charge in [-0.15, -0.1) is 0 Å². The average Bonchev–Trinajstić information content (AvgIpc) is 3.36. The predicted octanol–water partition coefficient (Wildman–Crippen LogP) is 3.31. The third-order valence-electron chi connectivity index (χ3n) is 4.65. The van der Waals surface area contributed by atoms with Crippen molar-refractivity contribution in [3.63, 3.8) is 0 Å². The van der Waals surface area contributed by atoms with Crippen LogP contribution in [0.3, 0.4) is 0 Å². The van der Waals surface area contributed by atoms with Crippen molar-refractivity contribution >= 4 is 34.4 Å². The van der Waals surface area contributed by atoms with Gasteiger partial charge in [0, 0.05) is 17.0 Å². The van der Waals surface area contributed by atoms with Crippen LogP contribution in [0.5, 0.6) is 0 Å². The molecule has 1 aliphatic carbocycles. The number of fused-ring (bicyclic) bond motifs is 1. The van der Waals surface area contributed by atoms with Gasteiger partial charge in [-0.1, -0.05) is 11.6 Å². The minimum absolute atomic E-state index is 0.0170. The highest BCUT2D eigenvalue weighted by Gasteiger charge is 2.30. The Morgan fingerprint density at radius 3 is 2.71 bits per heavy atom. The van der Waals surface area contributed by atoms with E-state index in [4.69, 9.17) is 11.6 Å². The Labute approximate surface area is 165 Å². The number of anilines is 1. The zero-order chi connectivity index (χ0) is 19.3. The third kappa shape index (κ3) is 2.91. The lowest BCUT2D eigenvalue weighted by Gasteiger charge is -2.09. The van der Waals surface area contributed by atoms with E-state index in [0.717, 1.165) is 29.6 Å². The fourth-order valence-electron chi connectivity index (χ4n) is 3.10. The fraction of sp³-hybridized carbons (Fsp3) is 0.211. The van der Waals surface area contributed by atoms with Crippen LogP contribution in [-0.2, 0) is 4.79 Å². The number of halogens is 1. The minimum atomic E-state index is 0.0170. The zero-order valence-electron chi connectivity index (χ0n) is 15.0. The molecule has 0 atom stereocenters. The summed E-state index contributed by atoms with van der Waals surface area (Å²) in [5.41, 5.74) is 2.26. The summed E-state index contributed by atoms with van der Waals surface area (Å²) in [6.45, 7) is 1.87. The van der Waals surface area contributed by atoms with Crippen LogP contribution in [0.25, 0.3) is 22.5 Å². The topological polar surface area (TPSA) is 90.5 Å². The Morgan fingerprint density at radius 1 is 1.18 bits per heavy atom. The first-order valence-electron chi connectivity index (χ1n) is 8.93. The van der Waals surface area contributed by atoms with Gasteiger partial charge in [0.05, 0.1) is 23.0 Å². The van der Waals surface area contributed by atoms with Crippen LogP contribution in [0.4, 0.5) is 5.82 Å². The van der Waals surface area contributed by atoms with Crippen molar-refractivity contribution in [2.75, 3.05) is 5.32 Å². The molecule has 8 nitrogen and oxygen atoms in total. The van der Waals surface area contributed by atoms with Crippen LogP contribution < -0.4 is 5.32 Å². The first-order valence-corrected chi connectivity index (χ1v) is 9.30. The zero-order valence-corrected chi connectivity index (χ0v) is 15.8. The second kappa shape index (κ2) is 6.42. The van der Waals surface area contributed by atoms with Crippen LogP contribution in [0.15, 0.2) is 42.9 Å². The first-order chi connectivity index (χ1) is 13.6. The summed E-state index contributed by atoms with van der Waals surface area (Å²) < 4.78 is 3.35. The lowest BCUT2D eigenvalue weighted by molar-refractivity contribution is -0.117. The first kappa shape index (κ1) is 16.9. The molecule has 0 aliphatic heterocycles. The fourth-order valence-corrected chi connectivity index (χ4v) is 3.22. The van der Waals surface area contributed by atoms with E-state index in [-0.39, 0.29) is 11.8 Å². The second-order valence-corrected chi connectivity index (χ2v) is 7.25. The summed E-state index contributed by atoms with van der Waals surface area (Å²) in [7, 11) is 0. The van der Waals surface area contributed by atoms with E-state index < -0.39 is 0 Å². The highest BCUT2D eigenvalue weighted by molar-refractivity contribution is 6.30. The number of hydrogen-bond acceptors (Lipinski definition) is 5. The summed E-state index contributed by atoms with van der Waals surface area (Å²) in [6.07, 6.45) is 5.03. The van der Waals surface area contributed by atoms with E-state index in [2.05, 4.69) is 25.5 Å². The summed E-state index contributed by atoms with van der Waals surface area (Å²) in [5, 5.41) is 13.3. The maximum absolute atomic E-state index is 12.2. The molecule has 5 rings (SSSR count). The SMILES string of the molecule is Cc1cc(NC(=O)C2CC2)n(-c2ncnc3c2cnn3-c2ccc(Cl)cc2)n1. The molecule has 0 unspecified atom stereocenters. The summed E-state index contributed by atoms with van der Waals surface area (Å²) in [4.78, 5) is 21.0. The van der Waals surface area contributed by atoms with Crippen LogP contribution in [0, 0.1) is 12.8 Å². The van der Waals surface area contributed by atoms with Crippen molar-refractivity contribution in [2.24, 2.45) is 5.92 Å². The molecule has 1 saturated carbocycles. The lowest BCUT2D eigenvalue weighted by atomic mass is 10.3. The standard InChI is InChI=1S/C19H16ClN7O/c1-11-8-16(24-19(28)12-2-3-12)27(25-11)18-15-9-23-26(17(15)21-10-22-18)14-6-4-13(20)5-7-14/h4-10,12H,2-3H2,1H3,(H,24,28). The molecule has 0 radical (unpaired) electrons. The van der Waals surface area contributed by atoms with Gasteiger partial charge in [0.25, 0.3) is 0 Å². The van der Waals surface area contributed by atoms with Gasteiger partial charge < -0.3 is 5.32 Å². The van der Waals surface area contributed by atoms with Crippen molar-refractivity contribution in [3.05, 3.63) is 53.6 Å². The highest BCUT2D eigenvalue weighted by atomic mass is 35.5. The molecule has 4 aromatic rings. The van der Waals surface area contributed by atoms with Crippen LogP contribution >= 0.6 is 11.6 Å². The number of aromatic nitrogens is 6. The van der Waals surface area contributed by atoms with E-state index in [1.165, 1.54) is 6.33 Å². The van der Waals surface area contributed by atoms with Gasteiger partial charge in [-0.2, -0.15) is 14.9 Å². The normalized spacial score (nSPS) is 13.8. The Balaban J connectivity index is 1.61. The van der Waals surface area contributed by atoms with Crippen molar-refractivity contribution < 1.29 is 4.79 Å². The van der Waals surface area contributed by atoms with Crippen LogP contribution in [0.1, 0.15) is 18.5 Å². The molecule has 1 N–H and O–H groups in total. The highest BCUT2D eigenvalue weighted by Crippen LogP contribution is 2.31. The summed E-state index contributed by atoms with van der Waals surface area (Å²) >= 11 is 5.98. The molecule has 1 amide bonds. The monoisotopic (exact) mass is 393 g/mol. The van der Waals surface area contributed by atoms with Gasteiger partial charge in [0.2, 0.25) is 5.91 Å². The molecule has 9 heteroatoms. The van der Waals surface area contributed by atoms with E-state index in [1.54, 1.807) is 27.7 Å². The van der Waals surface area contributed by atoms with Crippen molar-refractivity contribution in [1.82, 2.24) is 29.5 Å². The largest absolute Gasteiger partial charge is 0.310 e. The number of aryl methyl sites for hydroxylation is 1. The molecule has 140 valence electrons. The lowest BCUT2D eigenvalue weighted by Crippen LogP contribution is -2.17. The molecular weight excluding hydrogens is 378 g/mol. The molecular formula is C19H16ClN7O. The smallest absolute Gasteiger partial charge is 0.228 e. The Morgan fingerprint density at radius 2 is 1.96 bits per heavy atom. The number of carbonyl (C=O) groups is 1. The number of rotatable bonds is 4. The van der Waals surface area contributed by atoms with Gasteiger partial charge in [-0.05, 0) is 44.0 Å². The van der Waals surface area contributed by atoms with Gasteiger partial charge in [-0.25, -0.2) is 14.6 Å². The minimum Gasteiger partial charge on any atom is -0.310 e. The number of amides is 1. The van der Waals surface area contributed by atoms with Crippen molar-refractivity contribution in [3.8, 4) is 11.5 Å². The molecule has 0 spiro atoms. The van der Waals surface area contributed by atoms with Crippen LogP contribution in [0.2, 0.25) is 5.02 Å². The van der Waals surface area contributed by atoms with E-state index in [0.29, 0.717) is 22.3 Å². The van der Waals surface area contributed by atoms with E-state index >= 15 is 0 Å². The third-order valence-corrected chi connectivity index (χ3v) is 4.90. The molecule has 1 aromatic carbocycles. The van der Waals surface area contributed by atoms with E-state index in [1.807, 2.05) is 25.1 Å². The molecule has 1 aliphatic rings. The van der Waals surface area contributed by atoms with Crippen molar-refractivity contribution in [2.45, 2.75) is 19.8 Å². The van der Waals surface area contributed by atoms with Gasteiger partial charge in [-0.3, -0.25) is 4.79 Å². The molecule has 0 bridgehead atoms. The number of hydrogen-bond donors (Lipinski definition) is 1.